The first-order chi connectivity index (χ1) is 18.2. The minimum Gasteiger partial charge on any atom is -0.347 e. The van der Waals surface area contributed by atoms with Crippen molar-refractivity contribution in [2.45, 2.75) is 38.6 Å². The van der Waals surface area contributed by atoms with Gasteiger partial charge in [0, 0.05) is 5.69 Å². The number of nitrogens with zero attached hydrogens (tertiary/aromatic N) is 4. The van der Waals surface area contributed by atoms with Gasteiger partial charge in [-0.3, -0.25) is 19.1 Å². The number of aromatic nitrogens is 3. The molecule has 2 heterocycles. The van der Waals surface area contributed by atoms with Crippen LogP contribution in [0.4, 0.5) is 18.9 Å². The van der Waals surface area contributed by atoms with Gasteiger partial charge in [-0.2, -0.15) is 13.2 Å². The van der Waals surface area contributed by atoms with E-state index in [1.165, 1.54) is 26.0 Å². The number of rotatable bonds is 10. The minimum absolute atomic E-state index is 0.112. The Hall–Kier alpha value is -4.27. The molecule has 0 radical (unpaired) electrons. The van der Waals surface area contributed by atoms with Crippen molar-refractivity contribution < 1.29 is 31.2 Å². The van der Waals surface area contributed by atoms with Crippen LogP contribution in [0.2, 0.25) is 0 Å². The predicted molar refractivity (Wildman–Crippen MR) is 137 cm³/mol. The molecule has 2 aromatic heterocycles. The number of imidazole rings is 1. The van der Waals surface area contributed by atoms with Gasteiger partial charge >= 0.3 is 6.18 Å². The quantitative estimate of drug-likeness (QED) is 0.359. The van der Waals surface area contributed by atoms with E-state index in [0.717, 1.165) is 9.35 Å². The summed E-state index contributed by atoms with van der Waals surface area (Å²) in [5.74, 6) is -2.31. The number of halogens is 3. The smallest absolute Gasteiger partial charge is 0.347 e. The van der Waals surface area contributed by atoms with Gasteiger partial charge in [0.1, 0.15) is 18.1 Å². The van der Waals surface area contributed by atoms with Crippen molar-refractivity contribution in [1.29, 1.82) is 0 Å². The number of hydrogen-bond donors (Lipinski definition) is 2. The van der Waals surface area contributed by atoms with Crippen LogP contribution in [0.5, 0.6) is 0 Å². The molecule has 0 spiro atoms. The molecule has 0 atom stereocenters. The molecule has 3 aromatic rings. The number of carbonyl (C=O) groups is 2. The largest absolute Gasteiger partial charge is 0.405 e. The van der Waals surface area contributed by atoms with Crippen molar-refractivity contribution in [2.24, 2.45) is 4.99 Å². The van der Waals surface area contributed by atoms with E-state index in [4.69, 9.17) is 0 Å². The highest BCUT2D eigenvalue weighted by molar-refractivity contribution is 7.91. The van der Waals surface area contributed by atoms with Gasteiger partial charge in [-0.1, -0.05) is 30.3 Å². The second kappa shape index (κ2) is 11.6. The highest BCUT2D eigenvalue weighted by Gasteiger charge is 2.29. The summed E-state index contributed by atoms with van der Waals surface area (Å²) in [6.07, 6.45) is -5.72. The molecular formula is C24H25F3N6O5S. The number of aryl methyl sites for hydroxylation is 2. The third-order valence-electron chi connectivity index (χ3n) is 5.43. The summed E-state index contributed by atoms with van der Waals surface area (Å²) in [6.45, 7) is 4.58. The molecule has 0 aliphatic carbocycles. The van der Waals surface area contributed by atoms with Crippen molar-refractivity contribution in [2.75, 3.05) is 11.3 Å². The maximum atomic E-state index is 13.5. The van der Waals surface area contributed by atoms with Gasteiger partial charge in [0.25, 0.3) is 11.5 Å². The van der Waals surface area contributed by atoms with Crippen LogP contribution >= 0.6 is 0 Å². The molecule has 0 unspecified atom stereocenters. The lowest BCUT2D eigenvalue weighted by Gasteiger charge is -2.18. The lowest BCUT2D eigenvalue weighted by Crippen LogP contribution is -2.37. The molecule has 0 saturated carbocycles. The Kier molecular flexibility index (Phi) is 8.74. The second-order valence-corrected chi connectivity index (χ2v) is 10.2. The summed E-state index contributed by atoms with van der Waals surface area (Å²) in [7, 11) is -4.04. The van der Waals surface area contributed by atoms with E-state index < -0.39 is 58.7 Å². The van der Waals surface area contributed by atoms with E-state index in [0.29, 0.717) is 5.56 Å². The molecule has 2 amide bonds. The zero-order chi connectivity index (χ0) is 29.0. The Morgan fingerprint density at radius 3 is 2.33 bits per heavy atom. The molecule has 39 heavy (non-hydrogen) atoms. The van der Waals surface area contributed by atoms with Gasteiger partial charge in [0.15, 0.2) is 0 Å². The number of alkyl halides is 3. The van der Waals surface area contributed by atoms with E-state index in [1.807, 2.05) is 0 Å². The first-order valence-corrected chi connectivity index (χ1v) is 13.0. The van der Waals surface area contributed by atoms with E-state index >= 15 is 0 Å². The van der Waals surface area contributed by atoms with Gasteiger partial charge in [-0.25, -0.2) is 27.7 Å². The Balaban J connectivity index is 2.09. The number of aliphatic imine (C=N–C) groups is 1. The van der Waals surface area contributed by atoms with Crippen LogP contribution in [0.3, 0.4) is 0 Å². The first kappa shape index (κ1) is 29.3. The highest BCUT2D eigenvalue weighted by atomic mass is 32.2. The van der Waals surface area contributed by atoms with Gasteiger partial charge in [0.05, 0.1) is 30.0 Å². The number of sulfonamides is 1. The van der Waals surface area contributed by atoms with Crippen molar-refractivity contribution in [3.63, 3.8) is 0 Å². The average Bonchev–Trinajstić information content (AvgIpc) is 3.13. The van der Waals surface area contributed by atoms with Crippen LogP contribution < -0.4 is 15.6 Å². The summed E-state index contributed by atoms with van der Waals surface area (Å²) in [5.41, 5.74) is -0.170. The van der Waals surface area contributed by atoms with Crippen LogP contribution in [-0.4, -0.2) is 54.0 Å². The standard InChI is InChI=1S/C24H25F3N6O5S/c1-15-9-10-18(31-39(37,38)13-17-7-5-4-6-8-17)23(36)32(15)33-19(11-21(34)28-3)16(2)30-20(33)12-22(35)29-14-24(25,26)27/h4-10,31H,3,11-14H2,1-2H3,(H,29,35). The molecule has 2 N–H and O–H groups in total. The summed E-state index contributed by atoms with van der Waals surface area (Å²) in [6, 6.07) is 10.9. The average molecular weight is 567 g/mol. The second-order valence-electron chi connectivity index (χ2n) is 8.52. The molecule has 0 fully saturated rings. The zero-order valence-corrected chi connectivity index (χ0v) is 21.8. The summed E-state index contributed by atoms with van der Waals surface area (Å²) in [4.78, 5) is 45.5. The highest BCUT2D eigenvalue weighted by Crippen LogP contribution is 2.18. The van der Waals surface area contributed by atoms with Crippen molar-refractivity contribution in [3.8, 4) is 0 Å². The number of carbonyl (C=O) groups excluding carboxylic acids is 2. The first-order valence-electron chi connectivity index (χ1n) is 11.4. The van der Waals surface area contributed by atoms with Crippen molar-refractivity contribution in [3.05, 3.63) is 81.3 Å². The predicted octanol–water partition coefficient (Wildman–Crippen LogP) is 1.91. The number of nitrogens with one attached hydrogen (secondary N) is 2. The normalized spacial score (nSPS) is 11.7. The maximum Gasteiger partial charge on any atom is 0.405 e. The van der Waals surface area contributed by atoms with E-state index in [2.05, 4.69) is 21.4 Å². The summed E-state index contributed by atoms with van der Waals surface area (Å²) in [5, 5.41) is 1.73. The number of hydrogen-bond acceptors (Lipinski definition) is 6. The van der Waals surface area contributed by atoms with Crippen molar-refractivity contribution in [1.82, 2.24) is 19.7 Å². The van der Waals surface area contributed by atoms with Crippen molar-refractivity contribution >= 4 is 34.2 Å². The fourth-order valence-electron chi connectivity index (χ4n) is 3.72. The molecule has 3 rings (SSSR count). The van der Waals surface area contributed by atoms with Gasteiger partial charge in [0.2, 0.25) is 15.9 Å². The molecule has 0 bridgehead atoms. The maximum absolute atomic E-state index is 13.5. The van der Waals surface area contributed by atoms with Gasteiger partial charge < -0.3 is 5.32 Å². The summed E-state index contributed by atoms with van der Waals surface area (Å²) < 4.78 is 67.7. The lowest BCUT2D eigenvalue weighted by molar-refractivity contribution is -0.138. The Bertz CT molecular complexity index is 1560. The number of anilines is 1. The lowest BCUT2D eigenvalue weighted by atomic mass is 10.2. The Morgan fingerprint density at radius 2 is 1.72 bits per heavy atom. The summed E-state index contributed by atoms with van der Waals surface area (Å²) >= 11 is 0. The van der Waals surface area contributed by atoms with Gasteiger partial charge in [-0.15, -0.1) is 0 Å². The third-order valence-corrected chi connectivity index (χ3v) is 6.67. The molecular weight excluding hydrogens is 541 g/mol. The Labute approximate surface area is 221 Å². The SMILES string of the molecule is C=NC(=O)Cc1c(C)nc(CC(=O)NCC(F)(F)F)n1-n1c(C)ccc(NS(=O)(=O)Cc2ccccc2)c1=O. The van der Waals surface area contributed by atoms with E-state index in [9.17, 15) is 36.0 Å². The van der Waals surface area contributed by atoms with Crippen LogP contribution in [-0.2, 0) is 38.2 Å². The fourth-order valence-corrected chi connectivity index (χ4v) is 4.91. The van der Waals surface area contributed by atoms with Crippen LogP contribution in [0.15, 0.2) is 52.3 Å². The van der Waals surface area contributed by atoms with E-state index in [1.54, 1.807) is 35.6 Å². The third kappa shape index (κ3) is 7.63. The molecule has 0 aliphatic heterocycles. The molecule has 15 heteroatoms. The molecule has 0 saturated heterocycles. The van der Waals surface area contributed by atoms with Crippen LogP contribution in [0.25, 0.3) is 0 Å². The van der Waals surface area contributed by atoms with Crippen LogP contribution in [0, 0.1) is 13.8 Å². The van der Waals surface area contributed by atoms with Crippen LogP contribution in [0.1, 0.15) is 28.5 Å². The topological polar surface area (TPSA) is 145 Å². The number of benzene rings is 1. The van der Waals surface area contributed by atoms with Gasteiger partial charge in [-0.05, 0) is 38.3 Å². The molecule has 0 aliphatic rings. The molecule has 208 valence electrons. The fraction of sp³-hybridized carbons (Fsp3) is 0.292. The minimum atomic E-state index is -4.65. The Morgan fingerprint density at radius 1 is 1.05 bits per heavy atom. The monoisotopic (exact) mass is 566 g/mol. The zero-order valence-electron chi connectivity index (χ0n) is 20.9. The number of amides is 2. The number of pyridine rings is 1. The van der Waals surface area contributed by atoms with E-state index in [-0.39, 0.29) is 28.6 Å². The molecule has 11 nitrogen and oxygen atoms in total. The molecule has 1 aromatic carbocycles.